The van der Waals surface area contributed by atoms with E-state index in [4.69, 9.17) is 0 Å². The molecule has 0 aliphatic rings. The van der Waals surface area contributed by atoms with Gasteiger partial charge in [-0.15, -0.1) is 0 Å². The van der Waals surface area contributed by atoms with Gasteiger partial charge in [0.15, 0.2) is 0 Å². The number of carbonyl (C=O) groups excluding carboxylic acids is 3. The molecule has 3 N–H and O–H groups in total. The van der Waals surface area contributed by atoms with Gasteiger partial charge in [-0.1, -0.05) is 13.8 Å². The fraction of sp³-hybridized carbons (Fsp3) is 0.462. The molecule has 0 aliphatic carbocycles. The van der Waals surface area contributed by atoms with Gasteiger partial charge in [-0.2, -0.15) is 0 Å². The van der Waals surface area contributed by atoms with Crippen molar-refractivity contribution < 1.29 is 14.4 Å². The predicted octanol–water partition coefficient (Wildman–Crippen LogP) is -0.0532. The largest absolute Gasteiger partial charge is 0.347 e. The number of aromatic nitrogens is 1. The Labute approximate surface area is 117 Å². The molecule has 7 heteroatoms. The number of nitrogens with one attached hydrogen (secondary N) is 3. The average Bonchev–Trinajstić information content (AvgIpc) is 2.78. The highest BCUT2D eigenvalue weighted by Crippen LogP contribution is 2.02. The maximum absolute atomic E-state index is 11.9. The minimum atomic E-state index is -0.693. The first kappa shape index (κ1) is 15.7. The Hall–Kier alpha value is -2.31. The molecule has 110 valence electrons. The number of carbonyl (C=O) groups is 3. The van der Waals surface area contributed by atoms with E-state index in [0.717, 1.165) is 0 Å². The van der Waals surface area contributed by atoms with Gasteiger partial charge in [0.2, 0.25) is 5.91 Å². The molecule has 20 heavy (non-hydrogen) atoms. The van der Waals surface area contributed by atoms with Crippen molar-refractivity contribution in [2.24, 2.45) is 13.0 Å². The first-order chi connectivity index (χ1) is 9.32. The van der Waals surface area contributed by atoms with E-state index in [2.05, 4.69) is 16.2 Å². The topological polar surface area (TPSA) is 92.2 Å². The van der Waals surface area contributed by atoms with E-state index in [1.54, 1.807) is 43.8 Å². The van der Waals surface area contributed by atoms with Crippen molar-refractivity contribution in [2.45, 2.75) is 26.8 Å². The molecule has 0 aliphatic heterocycles. The van der Waals surface area contributed by atoms with Crippen LogP contribution in [0.15, 0.2) is 18.3 Å². The van der Waals surface area contributed by atoms with Crippen LogP contribution in [0.25, 0.3) is 0 Å². The van der Waals surface area contributed by atoms with Gasteiger partial charge in [0.1, 0.15) is 11.7 Å². The van der Waals surface area contributed by atoms with Crippen molar-refractivity contribution in [1.82, 2.24) is 20.7 Å². The second-order valence-corrected chi connectivity index (χ2v) is 4.87. The molecule has 1 rings (SSSR count). The second kappa shape index (κ2) is 6.74. The van der Waals surface area contributed by atoms with Crippen molar-refractivity contribution >= 4 is 17.7 Å². The lowest BCUT2D eigenvalue weighted by Crippen LogP contribution is -2.54. The van der Waals surface area contributed by atoms with Crippen LogP contribution in [0.4, 0.5) is 0 Å². The number of hydrazine groups is 1. The number of nitrogens with zero attached hydrogens (tertiary/aromatic N) is 1. The summed E-state index contributed by atoms with van der Waals surface area (Å²) in [5, 5.41) is 2.54. The average molecular weight is 280 g/mol. The van der Waals surface area contributed by atoms with Gasteiger partial charge in [-0.05, 0) is 18.1 Å². The van der Waals surface area contributed by atoms with Gasteiger partial charge in [0.05, 0.1) is 0 Å². The molecule has 1 aromatic heterocycles. The lowest BCUT2D eigenvalue weighted by atomic mass is 10.0. The van der Waals surface area contributed by atoms with Gasteiger partial charge < -0.3 is 9.88 Å². The molecule has 0 spiro atoms. The summed E-state index contributed by atoms with van der Waals surface area (Å²) in [4.78, 5) is 34.8. The summed E-state index contributed by atoms with van der Waals surface area (Å²) in [5.74, 6) is -1.27. The standard InChI is InChI=1S/C13H20N4O3/c1-8(2)11(14-9(3)18)13(20)16-15-12(19)10-6-5-7-17(10)4/h5-8,11H,1-4H3,(H,14,18)(H,15,19)(H,16,20). The van der Waals surface area contributed by atoms with Crippen molar-refractivity contribution in [3.63, 3.8) is 0 Å². The Balaban J connectivity index is 2.59. The highest BCUT2D eigenvalue weighted by molar-refractivity contribution is 5.95. The van der Waals surface area contributed by atoms with E-state index in [1.807, 2.05) is 0 Å². The maximum Gasteiger partial charge on any atom is 0.286 e. The molecule has 1 heterocycles. The molecular formula is C13H20N4O3. The van der Waals surface area contributed by atoms with E-state index in [-0.39, 0.29) is 11.8 Å². The van der Waals surface area contributed by atoms with Crippen LogP contribution < -0.4 is 16.2 Å². The Kier molecular flexibility index (Phi) is 5.31. The summed E-state index contributed by atoms with van der Waals surface area (Å²) in [6.45, 7) is 4.95. The third-order valence-electron chi connectivity index (χ3n) is 2.78. The van der Waals surface area contributed by atoms with Gasteiger partial charge in [-0.3, -0.25) is 25.2 Å². The number of rotatable bonds is 4. The van der Waals surface area contributed by atoms with Crippen LogP contribution >= 0.6 is 0 Å². The number of aryl methyl sites for hydroxylation is 1. The summed E-state index contributed by atoms with van der Waals surface area (Å²) in [6.07, 6.45) is 1.73. The lowest BCUT2D eigenvalue weighted by Gasteiger charge is -2.21. The maximum atomic E-state index is 11.9. The third-order valence-corrected chi connectivity index (χ3v) is 2.78. The smallest absolute Gasteiger partial charge is 0.286 e. The van der Waals surface area contributed by atoms with E-state index in [9.17, 15) is 14.4 Å². The van der Waals surface area contributed by atoms with E-state index < -0.39 is 17.9 Å². The van der Waals surface area contributed by atoms with Crippen LogP contribution in [0.2, 0.25) is 0 Å². The van der Waals surface area contributed by atoms with Gasteiger partial charge >= 0.3 is 0 Å². The van der Waals surface area contributed by atoms with Crippen molar-refractivity contribution in [3.05, 3.63) is 24.0 Å². The Morgan fingerprint density at radius 1 is 1.20 bits per heavy atom. The van der Waals surface area contributed by atoms with E-state index in [1.165, 1.54) is 6.92 Å². The van der Waals surface area contributed by atoms with E-state index in [0.29, 0.717) is 5.69 Å². The fourth-order valence-corrected chi connectivity index (χ4v) is 1.71. The van der Waals surface area contributed by atoms with E-state index >= 15 is 0 Å². The molecule has 1 atom stereocenters. The van der Waals surface area contributed by atoms with Crippen LogP contribution in [-0.4, -0.2) is 28.3 Å². The Morgan fingerprint density at radius 3 is 2.30 bits per heavy atom. The molecule has 0 aromatic carbocycles. The zero-order chi connectivity index (χ0) is 15.3. The fourth-order valence-electron chi connectivity index (χ4n) is 1.71. The van der Waals surface area contributed by atoms with Gasteiger partial charge in [0, 0.05) is 20.2 Å². The molecule has 0 saturated heterocycles. The predicted molar refractivity (Wildman–Crippen MR) is 73.5 cm³/mol. The summed E-state index contributed by atoms with van der Waals surface area (Å²) in [5.41, 5.74) is 5.06. The minimum absolute atomic E-state index is 0.0918. The quantitative estimate of drug-likeness (QED) is 0.675. The summed E-state index contributed by atoms with van der Waals surface area (Å²) >= 11 is 0. The van der Waals surface area contributed by atoms with Crippen molar-refractivity contribution in [1.29, 1.82) is 0 Å². The van der Waals surface area contributed by atoms with Crippen LogP contribution in [0.5, 0.6) is 0 Å². The summed E-state index contributed by atoms with van der Waals surface area (Å²) < 4.78 is 1.63. The molecule has 3 amide bonds. The molecule has 0 bridgehead atoms. The lowest BCUT2D eigenvalue weighted by molar-refractivity contribution is -0.129. The summed E-state index contributed by atoms with van der Waals surface area (Å²) in [6, 6.07) is 2.67. The zero-order valence-corrected chi connectivity index (χ0v) is 12.1. The molecule has 1 unspecified atom stereocenters. The third kappa shape index (κ3) is 4.11. The highest BCUT2D eigenvalue weighted by atomic mass is 16.2. The van der Waals surface area contributed by atoms with Crippen molar-refractivity contribution in [3.8, 4) is 0 Å². The van der Waals surface area contributed by atoms with Crippen LogP contribution in [0.1, 0.15) is 31.3 Å². The number of hydrogen-bond acceptors (Lipinski definition) is 3. The Morgan fingerprint density at radius 2 is 1.85 bits per heavy atom. The molecule has 0 fully saturated rings. The van der Waals surface area contributed by atoms with Crippen molar-refractivity contribution in [2.75, 3.05) is 0 Å². The molecule has 0 saturated carbocycles. The zero-order valence-electron chi connectivity index (χ0n) is 12.1. The monoisotopic (exact) mass is 280 g/mol. The van der Waals surface area contributed by atoms with Crippen LogP contribution in [-0.2, 0) is 16.6 Å². The second-order valence-electron chi connectivity index (χ2n) is 4.87. The molecule has 7 nitrogen and oxygen atoms in total. The number of amides is 3. The first-order valence-electron chi connectivity index (χ1n) is 6.31. The summed E-state index contributed by atoms with van der Waals surface area (Å²) in [7, 11) is 1.73. The molecular weight excluding hydrogens is 260 g/mol. The first-order valence-corrected chi connectivity index (χ1v) is 6.31. The number of hydrogen-bond donors (Lipinski definition) is 3. The molecule has 0 radical (unpaired) electrons. The highest BCUT2D eigenvalue weighted by Gasteiger charge is 2.23. The van der Waals surface area contributed by atoms with Gasteiger partial charge in [0.25, 0.3) is 11.8 Å². The van der Waals surface area contributed by atoms with Crippen LogP contribution in [0, 0.1) is 5.92 Å². The molecule has 1 aromatic rings. The SMILES string of the molecule is CC(=O)NC(C(=O)NNC(=O)c1cccn1C)C(C)C. The minimum Gasteiger partial charge on any atom is -0.347 e. The van der Waals surface area contributed by atoms with Crippen LogP contribution in [0.3, 0.4) is 0 Å². The normalized spacial score (nSPS) is 11.8. The Bertz CT molecular complexity index is 507. The van der Waals surface area contributed by atoms with Gasteiger partial charge in [-0.25, -0.2) is 0 Å².